The fourth-order valence-corrected chi connectivity index (χ4v) is 1.59. The van der Waals surface area contributed by atoms with Crippen molar-refractivity contribution in [3.63, 3.8) is 0 Å². The summed E-state index contributed by atoms with van der Waals surface area (Å²) in [5.41, 5.74) is 0.360. The molecule has 4 nitrogen and oxygen atoms in total. The number of alkyl halides is 2. The third-order valence-corrected chi connectivity index (χ3v) is 2.43. The van der Waals surface area contributed by atoms with Crippen LogP contribution in [0.5, 0.6) is 0 Å². The Labute approximate surface area is 102 Å². The van der Waals surface area contributed by atoms with E-state index in [1.54, 1.807) is 6.07 Å². The van der Waals surface area contributed by atoms with Crippen LogP contribution in [0.2, 0.25) is 5.02 Å². The van der Waals surface area contributed by atoms with E-state index in [1.165, 1.54) is 24.1 Å². The summed E-state index contributed by atoms with van der Waals surface area (Å²) in [4.78, 5) is 11.4. The van der Waals surface area contributed by atoms with Crippen molar-refractivity contribution in [2.45, 2.75) is 13.0 Å². The van der Waals surface area contributed by atoms with Gasteiger partial charge in [-0.25, -0.2) is 8.78 Å². The molecule has 0 spiro atoms. The molecule has 0 bridgehead atoms. The lowest BCUT2D eigenvalue weighted by molar-refractivity contribution is -0.384. The molecule has 0 aliphatic carbocycles. The first-order valence-corrected chi connectivity index (χ1v) is 5.17. The summed E-state index contributed by atoms with van der Waals surface area (Å²) in [5, 5.41) is 10.7. The standard InChI is InChI=1S/C10H11ClF2N2O2/c1-14(6-10(12)13)5-7-2-3-8(11)9(4-7)15(16)17/h2-4,10H,5-6H2,1H3. The summed E-state index contributed by atoms with van der Waals surface area (Å²) in [5.74, 6) is 0. The summed E-state index contributed by atoms with van der Waals surface area (Å²) in [6.07, 6.45) is -2.43. The van der Waals surface area contributed by atoms with Crippen LogP contribution in [-0.2, 0) is 6.54 Å². The second kappa shape index (κ2) is 5.88. The van der Waals surface area contributed by atoms with Crippen LogP contribution in [0.3, 0.4) is 0 Å². The summed E-state index contributed by atoms with van der Waals surface area (Å²) >= 11 is 5.64. The van der Waals surface area contributed by atoms with Gasteiger partial charge in [0.15, 0.2) is 0 Å². The Morgan fingerprint density at radius 1 is 1.53 bits per heavy atom. The monoisotopic (exact) mass is 264 g/mol. The van der Waals surface area contributed by atoms with Crippen LogP contribution in [0, 0.1) is 10.1 Å². The predicted octanol–water partition coefficient (Wildman–Crippen LogP) is 2.95. The van der Waals surface area contributed by atoms with Gasteiger partial charge in [0.05, 0.1) is 11.5 Å². The van der Waals surface area contributed by atoms with Gasteiger partial charge in [0.2, 0.25) is 0 Å². The first-order valence-electron chi connectivity index (χ1n) is 4.79. The number of benzene rings is 1. The van der Waals surface area contributed by atoms with Gasteiger partial charge in [-0.1, -0.05) is 17.7 Å². The number of hydrogen-bond donors (Lipinski definition) is 0. The molecule has 0 amide bonds. The van der Waals surface area contributed by atoms with Crippen molar-refractivity contribution in [2.75, 3.05) is 13.6 Å². The van der Waals surface area contributed by atoms with E-state index in [2.05, 4.69) is 0 Å². The van der Waals surface area contributed by atoms with Crippen molar-refractivity contribution in [2.24, 2.45) is 0 Å². The Hall–Kier alpha value is -1.27. The van der Waals surface area contributed by atoms with E-state index >= 15 is 0 Å². The Balaban J connectivity index is 2.79. The minimum atomic E-state index is -2.43. The Morgan fingerprint density at radius 3 is 2.71 bits per heavy atom. The third kappa shape index (κ3) is 4.24. The zero-order valence-corrected chi connectivity index (χ0v) is 9.82. The van der Waals surface area contributed by atoms with Gasteiger partial charge in [-0.15, -0.1) is 0 Å². The molecule has 17 heavy (non-hydrogen) atoms. The van der Waals surface area contributed by atoms with Crippen molar-refractivity contribution in [3.8, 4) is 0 Å². The highest BCUT2D eigenvalue weighted by molar-refractivity contribution is 6.32. The minimum absolute atomic E-state index is 0.0373. The molecule has 0 aliphatic heterocycles. The zero-order chi connectivity index (χ0) is 13.0. The molecule has 1 aromatic rings. The Kier molecular flexibility index (Phi) is 4.77. The van der Waals surface area contributed by atoms with Crippen LogP contribution in [0.1, 0.15) is 5.56 Å². The molecule has 0 aliphatic rings. The number of halogens is 3. The number of rotatable bonds is 5. The van der Waals surface area contributed by atoms with Gasteiger partial charge in [-0.05, 0) is 18.7 Å². The topological polar surface area (TPSA) is 46.4 Å². The van der Waals surface area contributed by atoms with Crippen LogP contribution in [0.15, 0.2) is 18.2 Å². The highest BCUT2D eigenvalue weighted by Crippen LogP contribution is 2.25. The fourth-order valence-electron chi connectivity index (χ4n) is 1.41. The number of nitro groups is 1. The lowest BCUT2D eigenvalue weighted by atomic mass is 10.2. The molecule has 0 saturated heterocycles. The summed E-state index contributed by atoms with van der Waals surface area (Å²) in [6.45, 7) is -0.168. The Bertz CT molecular complexity index is 415. The summed E-state index contributed by atoms with van der Waals surface area (Å²) in [6, 6.07) is 4.27. The molecule has 0 heterocycles. The molecule has 0 unspecified atom stereocenters. The summed E-state index contributed by atoms with van der Waals surface area (Å²) < 4.78 is 24.2. The van der Waals surface area contributed by atoms with Crippen molar-refractivity contribution in [1.29, 1.82) is 0 Å². The average Bonchev–Trinajstić information content (AvgIpc) is 2.19. The lowest BCUT2D eigenvalue weighted by Crippen LogP contribution is -2.24. The van der Waals surface area contributed by atoms with Crippen LogP contribution >= 0.6 is 11.6 Å². The maximum atomic E-state index is 12.1. The smallest absolute Gasteiger partial charge is 0.288 e. The van der Waals surface area contributed by atoms with Gasteiger partial charge < -0.3 is 0 Å². The molecule has 1 aromatic carbocycles. The number of hydrogen-bond acceptors (Lipinski definition) is 3. The highest BCUT2D eigenvalue weighted by atomic mass is 35.5. The van der Waals surface area contributed by atoms with E-state index in [0.717, 1.165) is 0 Å². The van der Waals surface area contributed by atoms with Gasteiger partial charge in [0, 0.05) is 12.6 Å². The maximum Gasteiger partial charge on any atom is 0.288 e. The molecular formula is C10H11ClF2N2O2. The van der Waals surface area contributed by atoms with E-state index in [-0.39, 0.29) is 23.8 Å². The highest BCUT2D eigenvalue weighted by Gasteiger charge is 2.14. The van der Waals surface area contributed by atoms with Crippen LogP contribution in [0.25, 0.3) is 0 Å². The van der Waals surface area contributed by atoms with E-state index in [4.69, 9.17) is 11.6 Å². The quantitative estimate of drug-likeness (QED) is 0.607. The van der Waals surface area contributed by atoms with Gasteiger partial charge in [0.1, 0.15) is 5.02 Å². The molecule has 0 radical (unpaired) electrons. The van der Waals surface area contributed by atoms with Gasteiger partial charge in [-0.3, -0.25) is 15.0 Å². The van der Waals surface area contributed by atoms with E-state index < -0.39 is 11.3 Å². The minimum Gasteiger partial charge on any atom is -0.297 e. The normalized spacial score (nSPS) is 11.2. The molecule has 0 N–H and O–H groups in total. The number of nitro benzene ring substituents is 1. The van der Waals surface area contributed by atoms with Crippen molar-refractivity contribution >= 4 is 17.3 Å². The molecule has 94 valence electrons. The van der Waals surface area contributed by atoms with E-state index in [1.807, 2.05) is 0 Å². The van der Waals surface area contributed by atoms with Crippen LogP contribution < -0.4 is 0 Å². The van der Waals surface area contributed by atoms with Gasteiger partial charge >= 0.3 is 0 Å². The first kappa shape index (κ1) is 13.8. The van der Waals surface area contributed by atoms with E-state index in [9.17, 15) is 18.9 Å². The first-order chi connectivity index (χ1) is 7.90. The largest absolute Gasteiger partial charge is 0.297 e. The van der Waals surface area contributed by atoms with Gasteiger partial charge in [-0.2, -0.15) is 0 Å². The summed E-state index contributed by atoms with van der Waals surface area (Å²) in [7, 11) is 1.52. The van der Waals surface area contributed by atoms with Crippen molar-refractivity contribution in [3.05, 3.63) is 38.9 Å². The molecule has 0 atom stereocenters. The average molecular weight is 265 g/mol. The van der Waals surface area contributed by atoms with Crippen molar-refractivity contribution in [1.82, 2.24) is 4.90 Å². The molecule has 0 saturated carbocycles. The molecule has 1 rings (SSSR count). The van der Waals surface area contributed by atoms with Crippen LogP contribution in [-0.4, -0.2) is 29.8 Å². The van der Waals surface area contributed by atoms with Crippen LogP contribution in [0.4, 0.5) is 14.5 Å². The second-order valence-corrected chi connectivity index (χ2v) is 4.04. The molecule has 0 fully saturated rings. The predicted molar refractivity (Wildman–Crippen MR) is 60.4 cm³/mol. The SMILES string of the molecule is CN(Cc1ccc(Cl)c([N+](=O)[O-])c1)CC(F)F. The number of nitrogens with zero attached hydrogens (tertiary/aromatic N) is 2. The maximum absolute atomic E-state index is 12.1. The molecular weight excluding hydrogens is 254 g/mol. The van der Waals surface area contributed by atoms with Crippen molar-refractivity contribution < 1.29 is 13.7 Å². The zero-order valence-electron chi connectivity index (χ0n) is 9.07. The second-order valence-electron chi connectivity index (χ2n) is 3.63. The fraction of sp³-hybridized carbons (Fsp3) is 0.400. The lowest BCUT2D eigenvalue weighted by Gasteiger charge is -2.15. The Morgan fingerprint density at radius 2 is 2.18 bits per heavy atom. The third-order valence-electron chi connectivity index (χ3n) is 2.11. The molecule has 0 aromatic heterocycles. The van der Waals surface area contributed by atoms with Gasteiger partial charge in [0.25, 0.3) is 12.1 Å². The van der Waals surface area contributed by atoms with E-state index in [0.29, 0.717) is 5.56 Å². The molecule has 7 heteroatoms.